The number of ether oxygens (including phenoxy) is 3. The molecule has 0 saturated carbocycles. The Bertz CT molecular complexity index is 381. The number of pyridine rings is 1. The topological polar surface area (TPSA) is 83.7 Å². The quantitative estimate of drug-likeness (QED) is 0.742. The summed E-state index contributed by atoms with van der Waals surface area (Å²) in [5, 5.41) is 0. The number of esters is 1. The highest BCUT2D eigenvalue weighted by atomic mass is 16.5. The maximum atomic E-state index is 11.3. The van der Waals surface area contributed by atoms with Crippen molar-refractivity contribution in [3.63, 3.8) is 0 Å². The Balaban J connectivity index is 3.12. The fourth-order valence-corrected chi connectivity index (χ4v) is 1.22. The number of hydrogen-bond acceptors (Lipinski definition) is 6. The smallest absolute Gasteiger partial charge is 0.327 e. The van der Waals surface area contributed by atoms with Crippen molar-refractivity contribution in [3.8, 4) is 11.6 Å². The van der Waals surface area contributed by atoms with E-state index in [-0.39, 0.29) is 0 Å². The molecule has 0 saturated heterocycles. The van der Waals surface area contributed by atoms with Crippen molar-refractivity contribution in [3.05, 3.63) is 17.8 Å². The molecule has 1 heterocycles. The van der Waals surface area contributed by atoms with Gasteiger partial charge in [-0.15, -0.1) is 0 Å². The highest BCUT2D eigenvalue weighted by molar-refractivity contribution is 5.78. The van der Waals surface area contributed by atoms with E-state index in [2.05, 4.69) is 9.72 Å². The van der Waals surface area contributed by atoms with E-state index in [1.54, 1.807) is 6.07 Å². The summed E-state index contributed by atoms with van der Waals surface area (Å²) in [6.07, 6.45) is 1.44. The van der Waals surface area contributed by atoms with Gasteiger partial charge in [-0.2, -0.15) is 0 Å². The zero-order valence-corrected chi connectivity index (χ0v) is 9.39. The third-order valence-electron chi connectivity index (χ3n) is 2.09. The zero-order valence-electron chi connectivity index (χ0n) is 9.39. The number of carbonyl (C=O) groups excluding carboxylic acids is 1. The fourth-order valence-electron chi connectivity index (χ4n) is 1.22. The molecular formula is C10H14N2O4. The third-order valence-corrected chi connectivity index (χ3v) is 2.09. The lowest BCUT2D eigenvalue weighted by molar-refractivity contribution is -0.142. The SMILES string of the molecule is COC(=O)C(N)c1cc(OC)ncc1OC. The number of nitrogens with zero attached hydrogens (tertiary/aromatic N) is 1. The zero-order chi connectivity index (χ0) is 12.1. The van der Waals surface area contributed by atoms with Gasteiger partial charge in [-0.1, -0.05) is 0 Å². The second-order valence-electron chi connectivity index (χ2n) is 2.97. The normalized spacial score (nSPS) is 11.8. The molecule has 1 atom stereocenters. The van der Waals surface area contributed by atoms with Crippen LogP contribution in [0.3, 0.4) is 0 Å². The van der Waals surface area contributed by atoms with E-state index in [9.17, 15) is 4.79 Å². The van der Waals surface area contributed by atoms with Gasteiger partial charge >= 0.3 is 5.97 Å². The fraction of sp³-hybridized carbons (Fsp3) is 0.400. The van der Waals surface area contributed by atoms with Crippen LogP contribution < -0.4 is 15.2 Å². The highest BCUT2D eigenvalue weighted by Crippen LogP contribution is 2.26. The molecule has 1 aromatic heterocycles. The third kappa shape index (κ3) is 2.40. The van der Waals surface area contributed by atoms with Crippen LogP contribution in [0.2, 0.25) is 0 Å². The highest BCUT2D eigenvalue weighted by Gasteiger charge is 2.21. The van der Waals surface area contributed by atoms with Gasteiger partial charge in [-0.05, 0) is 0 Å². The average molecular weight is 226 g/mol. The molecule has 1 aromatic rings. The van der Waals surface area contributed by atoms with Gasteiger partial charge in [0, 0.05) is 11.6 Å². The molecule has 16 heavy (non-hydrogen) atoms. The van der Waals surface area contributed by atoms with E-state index in [1.807, 2.05) is 0 Å². The van der Waals surface area contributed by atoms with Crippen molar-refractivity contribution in [2.24, 2.45) is 5.73 Å². The van der Waals surface area contributed by atoms with Crippen LogP contribution in [0, 0.1) is 0 Å². The van der Waals surface area contributed by atoms with Gasteiger partial charge in [0.15, 0.2) is 0 Å². The van der Waals surface area contributed by atoms with Gasteiger partial charge < -0.3 is 19.9 Å². The van der Waals surface area contributed by atoms with Crippen molar-refractivity contribution in [2.75, 3.05) is 21.3 Å². The summed E-state index contributed by atoms with van der Waals surface area (Å²) in [5.41, 5.74) is 6.18. The summed E-state index contributed by atoms with van der Waals surface area (Å²) in [4.78, 5) is 15.3. The Morgan fingerprint density at radius 2 is 2.06 bits per heavy atom. The maximum absolute atomic E-state index is 11.3. The molecular weight excluding hydrogens is 212 g/mol. The summed E-state index contributed by atoms with van der Waals surface area (Å²) in [7, 11) is 4.21. The number of methoxy groups -OCH3 is 3. The van der Waals surface area contributed by atoms with Crippen LogP contribution in [0.15, 0.2) is 12.3 Å². The predicted octanol–water partition coefficient (Wildman–Crippen LogP) is 0.272. The number of rotatable bonds is 4. The number of aromatic nitrogens is 1. The summed E-state index contributed by atoms with van der Waals surface area (Å²) < 4.78 is 14.6. The van der Waals surface area contributed by atoms with Crippen molar-refractivity contribution < 1.29 is 19.0 Å². The first-order chi connectivity index (χ1) is 7.63. The molecule has 2 N–H and O–H groups in total. The lowest BCUT2D eigenvalue weighted by atomic mass is 10.1. The molecule has 0 fully saturated rings. The van der Waals surface area contributed by atoms with Crippen LogP contribution in [0.4, 0.5) is 0 Å². The number of carbonyl (C=O) groups is 1. The molecule has 0 aliphatic carbocycles. The molecule has 0 spiro atoms. The van der Waals surface area contributed by atoms with Crippen molar-refractivity contribution in [1.82, 2.24) is 4.98 Å². The molecule has 88 valence electrons. The Kier molecular flexibility index (Phi) is 4.07. The van der Waals surface area contributed by atoms with Gasteiger partial charge in [0.05, 0.1) is 27.5 Å². The average Bonchev–Trinajstić information content (AvgIpc) is 2.35. The van der Waals surface area contributed by atoms with Gasteiger partial charge in [-0.25, -0.2) is 4.98 Å². The Hall–Kier alpha value is -1.82. The van der Waals surface area contributed by atoms with Crippen molar-refractivity contribution in [1.29, 1.82) is 0 Å². The first kappa shape index (κ1) is 12.3. The number of nitrogens with two attached hydrogens (primary N) is 1. The van der Waals surface area contributed by atoms with E-state index < -0.39 is 12.0 Å². The lowest BCUT2D eigenvalue weighted by Gasteiger charge is -2.14. The van der Waals surface area contributed by atoms with Crippen molar-refractivity contribution in [2.45, 2.75) is 6.04 Å². The van der Waals surface area contributed by atoms with Crippen LogP contribution in [0.25, 0.3) is 0 Å². The monoisotopic (exact) mass is 226 g/mol. The van der Waals surface area contributed by atoms with Crippen LogP contribution in [0.1, 0.15) is 11.6 Å². The van der Waals surface area contributed by atoms with E-state index >= 15 is 0 Å². The minimum absolute atomic E-state index is 0.357. The largest absolute Gasteiger partial charge is 0.495 e. The molecule has 0 bridgehead atoms. The molecule has 0 amide bonds. The van der Waals surface area contributed by atoms with Gasteiger partial charge in [-0.3, -0.25) is 4.79 Å². The van der Waals surface area contributed by atoms with Gasteiger partial charge in [0.25, 0.3) is 0 Å². The molecule has 0 aromatic carbocycles. The first-order valence-corrected chi connectivity index (χ1v) is 4.55. The Labute approximate surface area is 93.3 Å². The standard InChI is InChI=1S/C10H14N2O4/c1-14-7-5-12-8(15-2)4-6(7)9(11)10(13)16-3/h4-5,9H,11H2,1-3H3. The van der Waals surface area contributed by atoms with Crippen LogP contribution in [-0.2, 0) is 9.53 Å². The van der Waals surface area contributed by atoms with Crippen LogP contribution in [0.5, 0.6) is 11.6 Å². The molecule has 1 rings (SSSR count). The molecule has 0 aliphatic rings. The Morgan fingerprint density at radius 3 is 2.56 bits per heavy atom. The molecule has 0 radical (unpaired) electrons. The summed E-state index contributed by atoms with van der Waals surface area (Å²) in [5.74, 6) is 0.223. The minimum Gasteiger partial charge on any atom is -0.495 e. The van der Waals surface area contributed by atoms with Gasteiger partial charge in [0.1, 0.15) is 11.8 Å². The van der Waals surface area contributed by atoms with E-state index in [4.69, 9.17) is 15.2 Å². The molecule has 6 nitrogen and oxygen atoms in total. The van der Waals surface area contributed by atoms with Gasteiger partial charge in [0.2, 0.25) is 5.88 Å². The van der Waals surface area contributed by atoms with E-state index in [1.165, 1.54) is 27.5 Å². The van der Waals surface area contributed by atoms with Crippen molar-refractivity contribution >= 4 is 5.97 Å². The van der Waals surface area contributed by atoms with E-state index in [0.717, 1.165) is 0 Å². The maximum Gasteiger partial charge on any atom is 0.327 e. The molecule has 1 unspecified atom stereocenters. The van der Waals surface area contributed by atoms with Crippen LogP contribution >= 0.6 is 0 Å². The lowest BCUT2D eigenvalue weighted by Crippen LogP contribution is -2.23. The Morgan fingerprint density at radius 1 is 1.38 bits per heavy atom. The predicted molar refractivity (Wildman–Crippen MR) is 56.3 cm³/mol. The second-order valence-corrected chi connectivity index (χ2v) is 2.97. The molecule has 6 heteroatoms. The summed E-state index contributed by atoms with van der Waals surface area (Å²) in [6, 6.07) is 0.622. The first-order valence-electron chi connectivity index (χ1n) is 4.55. The summed E-state index contributed by atoms with van der Waals surface area (Å²) in [6.45, 7) is 0. The van der Waals surface area contributed by atoms with Crippen LogP contribution in [-0.4, -0.2) is 32.3 Å². The molecule has 0 aliphatic heterocycles. The summed E-state index contributed by atoms with van der Waals surface area (Å²) >= 11 is 0. The van der Waals surface area contributed by atoms with E-state index in [0.29, 0.717) is 17.2 Å². The second kappa shape index (κ2) is 5.32. The minimum atomic E-state index is -0.920. The number of hydrogen-bond donors (Lipinski definition) is 1.